The lowest BCUT2D eigenvalue weighted by Gasteiger charge is -2.10. The first-order valence-electron chi connectivity index (χ1n) is 5.77. The van der Waals surface area contributed by atoms with Gasteiger partial charge in [0.25, 0.3) is 5.69 Å². The number of ketones is 1. The van der Waals surface area contributed by atoms with E-state index in [0.717, 1.165) is 18.3 Å². The van der Waals surface area contributed by atoms with E-state index in [-0.39, 0.29) is 5.56 Å². The van der Waals surface area contributed by atoms with Crippen LogP contribution in [0.4, 0.5) is 18.9 Å². The molecule has 0 atom stereocenters. The summed E-state index contributed by atoms with van der Waals surface area (Å²) in [5.41, 5.74) is -1.13. The number of halogens is 3. The molecule has 114 valence electrons. The Bertz CT molecular complexity index is 717. The van der Waals surface area contributed by atoms with Crippen LogP contribution in [0.3, 0.4) is 0 Å². The van der Waals surface area contributed by atoms with Crippen molar-refractivity contribution in [2.45, 2.75) is 6.36 Å². The molecule has 0 aliphatic carbocycles. The van der Waals surface area contributed by atoms with Crippen molar-refractivity contribution in [2.75, 3.05) is 0 Å². The van der Waals surface area contributed by atoms with Crippen LogP contribution in [0.25, 0.3) is 0 Å². The molecule has 0 aliphatic heterocycles. The normalized spacial score (nSPS) is 11.0. The average Bonchev–Trinajstić information content (AvgIpc) is 2.45. The standard InChI is InChI=1S/C13H7F3N2O4/c14-13(15,16)22-9-3-4-11(18(20)21)10(6-9)12(19)8-2-1-5-17-7-8/h1-7H. The first kappa shape index (κ1) is 15.4. The van der Waals surface area contributed by atoms with E-state index in [9.17, 15) is 28.1 Å². The molecule has 0 radical (unpaired) electrons. The minimum atomic E-state index is -4.97. The topological polar surface area (TPSA) is 82.3 Å². The third-order valence-corrected chi connectivity index (χ3v) is 2.57. The third kappa shape index (κ3) is 3.57. The van der Waals surface area contributed by atoms with E-state index in [0.29, 0.717) is 6.07 Å². The van der Waals surface area contributed by atoms with E-state index in [1.807, 2.05) is 0 Å². The number of carbonyl (C=O) groups is 1. The number of ether oxygens (including phenoxy) is 1. The van der Waals surface area contributed by atoms with Gasteiger partial charge >= 0.3 is 6.36 Å². The first-order valence-corrected chi connectivity index (χ1v) is 5.77. The fourth-order valence-corrected chi connectivity index (χ4v) is 1.71. The summed E-state index contributed by atoms with van der Waals surface area (Å²) in [4.78, 5) is 26.0. The van der Waals surface area contributed by atoms with E-state index >= 15 is 0 Å². The van der Waals surface area contributed by atoms with E-state index in [2.05, 4.69) is 9.72 Å². The summed E-state index contributed by atoms with van der Waals surface area (Å²) >= 11 is 0. The number of nitro groups is 1. The van der Waals surface area contributed by atoms with Crippen LogP contribution in [0.2, 0.25) is 0 Å². The number of aromatic nitrogens is 1. The van der Waals surface area contributed by atoms with Gasteiger partial charge in [0.2, 0.25) is 5.78 Å². The highest BCUT2D eigenvalue weighted by Crippen LogP contribution is 2.29. The summed E-state index contributed by atoms with van der Waals surface area (Å²) in [5, 5.41) is 10.9. The largest absolute Gasteiger partial charge is 0.573 e. The van der Waals surface area contributed by atoms with Gasteiger partial charge in [-0.15, -0.1) is 13.2 Å². The molecule has 0 unspecified atom stereocenters. The zero-order chi connectivity index (χ0) is 16.3. The Labute approximate surface area is 121 Å². The smallest absolute Gasteiger partial charge is 0.406 e. The molecule has 0 fully saturated rings. The maximum Gasteiger partial charge on any atom is 0.573 e. The quantitative estimate of drug-likeness (QED) is 0.492. The number of pyridine rings is 1. The van der Waals surface area contributed by atoms with Gasteiger partial charge in [-0.25, -0.2) is 0 Å². The van der Waals surface area contributed by atoms with Crippen LogP contribution < -0.4 is 4.74 Å². The second-order valence-electron chi connectivity index (χ2n) is 4.05. The summed E-state index contributed by atoms with van der Waals surface area (Å²) in [5.74, 6) is -1.54. The molecule has 2 rings (SSSR count). The average molecular weight is 312 g/mol. The van der Waals surface area contributed by atoms with Crippen LogP contribution in [0.15, 0.2) is 42.7 Å². The van der Waals surface area contributed by atoms with Crippen LogP contribution in [-0.4, -0.2) is 22.1 Å². The Hall–Kier alpha value is -2.97. The van der Waals surface area contributed by atoms with Gasteiger partial charge in [0, 0.05) is 24.0 Å². The molecule has 0 aliphatic rings. The van der Waals surface area contributed by atoms with E-state index in [1.165, 1.54) is 18.3 Å². The summed E-state index contributed by atoms with van der Waals surface area (Å²) < 4.78 is 40.3. The summed E-state index contributed by atoms with van der Waals surface area (Å²) in [6, 6.07) is 5.00. The maximum atomic E-state index is 12.2. The lowest BCUT2D eigenvalue weighted by molar-refractivity contribution is -0.385. The van der Waals surface area contributed by atoms with Gasteiger partial charge in [-0.1, -0.05) is 0 Å². The van der Waals surface area contributed by atoms with Gasteiger partial charge in [0.1, 0.15) is 11.3 Å². The van der Waals surface area contributed by atoms with Crippen LogP contribution in [0, 0.1) is 10.1 Å². The number of carbonyl (C=O) groups excluding carboxylic acids is 1. The third-order valence-electron chi connectivity index (χ3n) is 2.57. The Morgan fingerprint density at radius 3 is 2.55 bits per heavy atom. The number of benzene rings is 1. The van der Waals surface area contributed by atoms with Crippen LogP contribution >= 0.6 is 0 Å². The molecule has 0 bridgehead atoms. The van der Waals surface area contributed by atoms with Crippen LogP contribution in [0.1, 0.15) is 15.9 Å². The van der Waals surface area contributed by atoms with Gasteiger partial charge in [-0.2, -0.15) is 0 Å². The molecule has 0 N–H and O–H groups in total. The lowest BCUT2D eigenvalue weighted by Crippen LogP contribution is -2.17. The molecule has 6 nitrogen and oxygen atoms in total. The number of hydrogen-bond donors (Lipinski definition) is 0. The Balaban J connectivity index is 2.49. The van der Waals surface area contributed by atoms with Crippen LogP contribution in [-0.2, 0) is 0 Å². The van der Waals surface area contributed by atoms with E-state index < -0.39 is 34.1 Å². The second kappa shape index (κ2) is 5.80. The fraction of sp³-hybridized carbons (Fsp3) is 0.0769. The van der Waals surface area contributed by atoms with Crippen molar-refractivity contribution < 1.29 is 27.6 Å². The zero-order valence-corrected chi connectivity index (χ0v) is 10.7. The summed E-state index contributed by atoms with van der Waals surface area (Å²) in [7, 11) is 0. The van der Waals surface area contributed by atoms with Crippen molar-refractivity contribution in [3.63, 3.8) is 0 Å². The predicted octanol–water partition coefficient (Wildman–Crippen LogP) is 3.12. The molecule has 1 aromatic heterocycles. The minimum Gasteiger partial charge on any atom is -0.406 e. The number of nitro benzene ring substituents is 1. The van der Waals surface area contributed by atoms with E-state index in [1.54, 1.807) is 0 Å². The van der Waals surface area contributed by atoms with Gasteiger partial charge in [0.15, 0.2) is 0 Å². The number of alkyl halides is 3. The Kier molecular flexibility index (Phi) is 4.06. The van der Waals surface area contributed by atoms with Gasteiger partial charge in [0.05, 0.1) is 4.92 Å². The first-order chi connectivity index (χ1) is 10.3. The minimum absolute atomic E-state index is 0.00904. The Morgan fingerprint density at radius 2 is 2.00 bits per heavy atom. The van der Waals surface area contributed by atoms with Gasteiger partial charge in [-0.05, 0) is 24.3 Å². The fourth-order valence-electron chi connectivity index (χ4n) is 1.71. The molecule has 1 heterocycles. The molecular formula is C13H7F3N2O4. The molecule has 0 saturated carbocycles. The Morgan fingerprint density at radius 1 is 1.27 bits per heavy atom. The highest BCUT2D eigenvalue weighted by atomic mass is 19.4. The lowest BCUT2D eigenvalue weighted by atomic mass is 10.0. The SMILES string of the molecule is O=C(c1cccnc1)c1cc(OC(F)(F)F)ccc1[N+](=O)[O-]. The van der Waals surface area contributed by atoms with Crippen molar-refractivity contribution in [3.8, 4) is 5.75 Å². The molecule has 0 saturated heterocycles. The van der Waals surface area contributed by atoms with Crippen molar-refractivity contribution in [1.82, 2.24) is 4.98 Å². The zero-order valence-electron chi connectivity index (χ0n) is 10.7. The van der Waals surface area contributed by atoms with Gasteiger partial charge in [-0.3, -0.25) is 19.9 Å². The molecule has 0 amide bonds. The molecule has 22 heavy (non-hydrogen) atoms. The molecule has 9 heteroatoms. The van der Waals surface area contributed by atoms with Crippen LogP contribution in [0.5, 0.6) is 5.75 Å². The monoisotopic (exact) mass is 312 g/mol. The highest BCUT2D eigenvalue weighted by Gasteiger charge is 2.32. The van der Waals surface area contributed by atoms with Crippen molar-refractivity contribution >= 4 is 11.5 Å². The predicted molar refractivity (Wildman–Crippen MR) is 67.4 cm³/mol. The number of hydrogen-bond acceptors (Lipinski definition) is 5. The summed E-state index contributed by atoms with van der Waals surface area (Å²) in [6.45, 7) is 0. The van der Waals surface area contributed by atoms with E-state index in [4.69, 9.17) is 0 Å². The number of nitrogens with zero attached hydrogens (tertiary/aromatic N) is 2. The van der Waals surface area contributed by atoms with Gasteiger partial charge < -0.3 is 4.74 Å². The maximum absolute atomic E-state index is 12.2. The molecule has 1 aromatic carbocycles. The second-order valence-corrected chi connectivity index (χ2v) is 4.05. The number of rotatable bonds is 4. The van der Waals surface area contributed by atoms with Crippen molar-refractivity contribution in [2.24, 2.45) is 0 Å². The summed E-state index contributed by atoms with van der Waals surface area (Å²) in [6.07, 6.45) is -2.43. The molecular weight excluding hydrogens is 305 g/mol. The molecule has 2 aromatic rings. The van der Waals surface area contributed by atoms with Crippen molar-refractivity contribution in [3.05, 3.63) is 64.0 Å². The highest BCUT2D eigenvalue weighted by molar-refractivity contribution is 6.11. The van der Waals surface area contributed by atoms with Crippen molar-refractivity contribution in [1.29, 1.82) is 0 Å². The molecule has 0 spiro atoms.